The molecule has 0 aliphatic heterocycles. The minimum Gasteiger partial charge on any atom is -0.338 e. The van der Waals surface area contributed by atoms with Gasteiger partial charge in [0.25, 0.3) is 5.91 Å². The first-order valence-electron chi connectivity index (χ1n) is 4.52. The SMILES string of the molecule is Cc1cc(NC(=O)c2cccc(F)n2)on1. The standard InChI is InChI=1S/C10H8FN3O2/c1-6-5-9(16-14-6)13-10(15)7-3-2-4-8(11)12-7/h2-5H,1H3,(H,13,15). The summed E-state index contributed by atoms with van der Waals surface area (Å²) in [5.74, 6) is -1.05. The van der Waals surface area contributed by atoms with Gasteiger partial charge >= 0.3 is 0 Å². The maximum absolute atomic E-state index is 12.7. The first kappa shape index (κ1) is 10.3. The summed E-state index contributed by atoms with van der Waals surface area (Å²) in [6, 6.07) is 5.52. The highest BCUT2D eigenvalue weighted by atomic mass is 19.1. The average Bonchev–Trinajstić information content (AvgIpc) is 2.64. The molecule has 2 rings (SSSR count). The minimum atomic E-state index is -0.707. The topological polar surface area (TPSA) is 68.0 Å². The van der Waals surface area contributed by atoms with Gasteiger partial charge in [0.15, 0.2) is 0 Å². The molecule has 1 amide bonds. The zero-order chi connectivity index (χ0) is 11.5. The summed E-state index contributed by atoms with van der Waals surface area (Å²) >= 11 is 0. The predicted molar refractivity (Wildman–Crippen MR) is 53.4 cm³/mol. The number of nitrogens with zero attached hydrogens (tertiary/aromatic N) is 2. The van der Waals surface area contributed by atoms with E-state index in [1.165, 1.54) is 12.1 Å². The van der Waals surface area contributed by atoms with Crippen molar-refractivity contribution in [2.75, 3.05) is 5.32 Å². The summed E-state index contributed by atoms with van der Waals surface area (Å²) < 4.78 is 17.5. The van der Waals surface area contributed by atoms with Crippen molar-refractivity contribution >= 4 is 11.8 Å². The van der Waals surface area contributed by atoms with Crippen molar-refractivity contribution in [3.8, 4) is 0 Å². The largest absolute Gasteiger partial charge is 0.338 e. The van der Waals surface area contributed by atoms with E-state index in [2.05, 4.69) is 15.5 Å². The Labute approximate surface area is 90.3 Å². The van der Waals surface area contributed by atoms with Crippen LogP contribution < -0.4 is 5.32 Å². The molecule has 0 fully saturated rings. The van der Waals surface area contributed by atoms with E-state index in [1.807, 2.05) is 0 Å². The molecule has 0 saturated carbocycles. The maximum Gasteiger partial charge on any atom is 0.276 e. The van der Waals surface area contributed by atoms with Gasteiger partial charge in [0, 0.05) is 6.07 Å². The van der Waals surface area contributed by atoms with Gasteiger partial charge in [0.1, 0.15) is 5.69 Å². The van der Waals surface area contributed by atoms with Gasteiger partial charge in [-0.3, -0.25) is 10.1 Å². The number of carbonyl (C=O) groups is 1. The lowest BCUT2D eigenvalue weighted by Gasteiger charge is -1.99. The molecule has 0 aliphatic carbocycles. The molecule has 0 unspecified atom stereocenters. The van der Waals surface area contributed by atoms with Crippen LogP contribution in [0.5, 0.6) is 0 Å². The lowest BCUT2D eigenvalue weighted by molar-refractivity contribution is 0.101. The van der Waals surface area contributed by atoms with E-state index in [-0.39, 0.29) is 11.6 Å². The van der Waals surface area contributed by atoms with Crippen LogP contribution in [0.15, 0.2) is 28.8 Å². The normalized spacial score (nSPS) is 10.1. The van der Waals surface area contributed by atoms with E-state index < -0.39 is 11.9 Å². The van der Waals surface area contributed by atoms with Gasteiger partial charge in [-0.15, -0.1) is 0 Å². The first-order chi connectivity index (χ1) is 7.65. The van der Waals surface area contributed by atoms with Crippen molar-refractivity contribution in [2.24, 2.45) is 0 Å². The molecule has 2 aromatic rings. The fourth-order valence-electron chi connectivity index (χ4n) is 1.13. The molecular formula is C10H8FN3O2. The summed E-state index contributed by atoms with van der Waals surface area (Å²) in [6.07, 6.45) is 0. The number of nitrogens with one attached hydrogen (secondary N) is 1. The van der Waals surface area contributed by atoms with Crippen molar-refractivity contribution < 1.29 is 13.7 Å². The number of aryl methyl sites for hydroxylation is 1. The van der Waals surface area contributed by atoms with Gasteiger partial charge in [-0.25, -0.2) is 4.98 Å². The van der Waals surface area contributed by atoms with Crippen molar-refractivity contribution in [2.45, 2.75) is 6.92 Å². The molecule has 0 radical (unpaired) electrons. The van der Waals surface area contributed by atoms with E-state index in [0.717, 1.165) is 6.07 Å². The predicted octanol–water partition coefficient (Wildman–Crippen LogP) is 1.77. The second-order valence-corrected chi connectivity index (χ2v) is 3.13. The summed E-state index contributed by atoms with van der Waals surface area (Å²) in [6.45, 7) is 1.72. The fraction of sp³-hybridized carbons (Fsp3) is 0.100. The van der Waals surface area contributed by atoms with Crippen LogP contribution in [0.3, 0.4) is 0 Å². The number of hydrogen-bond donors (Lipinski definition) is 1. The lowest BCUT2D eigenvalue weighted by atomic mass is 10.3. The van der Waals surface area contributed by atoms with E-state index in [1.54, 1.807) is 13.0 Å². The van der Waals surface area contributed by atoms with Gasteiger partial charge in [-0.1, -0.05) is 11.2 Å². The molecular weight excluding hydrogens is 213 g/mol. The highest BCUT2D eigenvalue weighted by Crippen LogP contribution is 2.09. The maximum atomic E-state index is 12.7. The zero-order valence-corrected chi connectivity index (χ0v) is 8.40. The monoisotopic (exact) mass is 221 g/mol. The Morgan fingerprint density at radius 3 is 2.94 bits per heavy atom. The Bertz CT molecular complexity index is 524. The molecule has 0 bridgehead atoms. The molecule has 0 aliphatic rings. The smallest absolute Gasteiger partial charge is 0.276 e. The molecule has 0 aromatic carbocycles. The Balaban J connectivity index is 2.14. The molecule has 0 spiro atoms. The van der Waals surface area contributed by atoms with Gasteiger partial charge in [-0.2, -0.15) is 4.39 Å². The highest BCUT2D eigenvalue weighted by Gasteiger charge is 2.10. The van der Waals surface area contributed by atoms with Crippen molar-refractivity contribution in [1.82, 2.24) is 10.1 Å². The van der Waals surface area contributed by atoms with E-state index >= 15 is 0 Å². The zero-order valence-electron chi connectivity index (χ0n) is 8.40. The fourth-order valence-corrected chi connectivity index (χ4v) is 1.13. The first-order valence-corrected chi connectivity index (χ1v) is 4.52. The highest BCUT2D eigenvalue weighted by molar-refractivity contribution is 6.01. The molecule has 6 heteroatoms. The number of halogens is 1. The third kappa shape index (κ3) is 2.22. The summed E-state index contributed by atoms with van der Waals surface area (Å²) in [5, 5.41) is 6.01. The van der Waals surface area contributed by atoms with Gasteiger partial charge in [0.05, 0.1) is 5.69 Å². The van der Waals surface area contributed by atoms with Crippen LogP contribution in [0.1, 0.15) is 16.2 Å². The Hall–Kier alpha value is -2.24. The van der Waals surface area contributed by atoms with Crippen LogP contribution in [0.25, 0.3) is 0 Å². The number of pyridine rings is 1. The molecule has 2 aromatic heterocycles. The molecule has 0 atom stereocenters. The lowest BCUT2D eigenvalue weighted by Crippen LogP contribution is -2.13. The number of anilines is 1. The van der Waals surface area contributed by atoms with Crippen LogP contribution in [0, 0.1) is 12.9 Å². The number of hydrogen-bond acceptors (Lipinski definition) is 4. The third-order valence-corrected chi connectivity index (χ3v) is 1.81. The average molecular weight is 221 g/mol. The van der Waals surface area contributed by atoms with Crippen molar-refractivity contribution in [3.05, 3.63) is 41.6 Å². The molecule has 2 heterocycles. The van der Waals surface area contributed by atoms with Crippen molar-refractivity contribution in [3.63, 3.8) is 0 Å². The van der Waals surface area contributed by atoms with Crippen LogP contribution in [0.4, 0.5) is 10.3 Å². The molecule has 5 nitrogen and oxygen atoms in total. The summed E-state index contributed by atoms with van der Waals surface area (Å²) in [4.78, 5) is 15.0. The van der Waals surface area contributed by atoms with E-state index in [4.69, 9.17) is 4.52 Å². The molecule has 0 saturated heterocycles. The number of rotatable bonds is 2. The summed E-state index contributed by atoms with van der Waals surface area (Å²) in [7, 11) is 0. The van der Waals surface area contributed by atoms with E-state index in [0.29, 0.717) is 5.69 Å². The van der Waals surface area contributed by atoms with Gasteiger partial charge in [-0.05, 0) is 19.1 Å². The number of aromatic nitrogens is 2. The molecule has 1 N–H and O–H groups in total. The second kappa shape index (κ2) is 4.09. The van der Waals surface area contributed by atoms with Crippen molar-refractivity contribution in [1.29, 1.82) is 0 Å². The number of carbonyl (C=O) groups excluding carboxylic acids is 1. The Kier molecular flexibility index (Phi) is 2.63. The molecule has 82 valence electrons. The molecule has 16 heavy (non-hydrogen) atoms. The van der Waals surface area contributed by atoms with Gasteiger partial charge < -0.3 is 4.52 Å². The van der Waals surface area contributed by atoms with Gasteiger partial charge in [0.2, 0.25) is 11.8 Å². The Morgan fingerprint density at radius 2 is 2.31 bits per heavy atom. The van der Waals surface area contributed by atoms with Crippen LogP contribution >= 0.6 is 0 Å². The van der Waals surface area contributed by atoms with Crippen LogP contribution in [-0.2, 0) is 0 Å². The minimum absolute atomic E-state index is 0.0194. The summed E-state index contributed by atoms with van der Waals surface area (Å²) in [5.41, 5.74) is 0.622. The second-order valence-electron chi connectivity index (χ2n) is 3.13. The van der Waals surface area contributed by atoms with Crippen LogP contribution in [-0.4, -0.2) is 16.0 Å². The van der Waals surface area contributed by atoms with E-state index in [9.17, 15) is 9.18 Å². The Morgan fingerprint density at radius 1 is 1.50 bits per heavy atom. The van der Waals surface area contributed by atoms with Crippen LogP contribution in [0.2, 0.25) is 0 Å². The number of amides is 1. The quantitative estimate of drug-likeness (QED) is 0.784. The third-order valence-electron chi connectivity index (χ3n) is 1.81.